The van der Waals surface area contributed by atoms with Crippen molar-refractivity contribution < 1.29 is 9.47 Å². The van der Waals surface area contributed by atoms with Gasteiger partial charge >= 0.3 is 5.69 Å². The van der Waals surface area contributed by atoms with Crippen molar-refractivity contribution in [2.75, 3.05) is 18.5 Å². The zero-order valence-corrected chi connectivity index (χ0v) is 13.4. The molecule has 0 unspecified atom stereocenters. The van der Waals surface area contributed by atoms with E-state index >= 15 is 0 Å². The lowest BCUT2D eigenvalue weighted by molar-refractivity contribution is 0.327. The molecule has 0 saturated heterocycles. The molecule has 0 bridgehead atoms. The van der Waals surface area contributed by atoms with Crippen LogP contribution >= 0.6 is 0 Å². The lowest BCUT2D eigenvalue weighted by atomic mass is 10.1. The van der Waals surface area contributed by atoms with Crippen LogP contribution in [-0.4, -0.2) is 22.7 Å². The van der Waals surface area contributed by atoms with Gasteiger partial charge < -0.3 is 20.5 Å². The second-order valence-electron chi connectivity index (χ2n) is 6.27. The Bertz CT molecular complexity index is 793. The number of nitrogens with zero attached hydrogens (tertiary/aromatic N) is 2. The molecule has 2 aromatic rings. The van der Waals surface area contributed by atoms with Gasteiger partial charge in [0, 0.05) is 12.1 Å². The molecule has 0 saturated carbocycles. The standard InChI is InChI=1S/C16H20N4O3/c1-16(2,3)20-9-12-14(19-15(20)21)18-13-10(22-8-7-17)5-4-6-11(13)23-12/h4-6,9H,7-8,17H2,1-3H3,(H,18,19,21). The van der Waals surface area contributed by atoms with Gasteiger partial charge in [-0.05, 0) is 32.9 Å². The van der Waals surface area contributed by atoms with E-state index in [0.717, 1.165) is 0 Å². The summed E-state index contributed by atoms with van der Waals surface area (Å²) >= 11 is 0. The van der Waals surface area contributed by atoms with Crippen LogP contribution in [0, 0.1) is 0 Å². The maximum Gasteiger partial charge on any atom is 0.350 e. The minimum Gasteiger partial charge on any atom is -0.490 e. The molecule has 1 aromatic heterocycles. The Labute approximate surface area is 134 Å². The molecule has 3 N–H and O–H groups in total. The lowest BCUT2D eigenvalue weighted by Gasteiger charge is -2.26. The van der Waals surface area contributed by atoms with Crippen molar-refractivity contribution in [3.63, 3.8) is 0 Å². The quantitative estimate of drug-likeness (QED) is 0.769. The molecule has 7 nitrogen and oxygen atoms in total. The van der Waals surface area contributed by atoms with Crippen LogP contribution in [0.15, 0.2) is 29.2 Å². The smallest absolute Gasteiger partial charge is 0.350 e. The Morgan fingerprint density at radius 1 is 1.35 bits per heavy atom. The van der Waals surface area contributed by atoms with Crippen molar-refractivity contribution in [1.29, 1.82) is 0 Å². The molecule has 122 valence electrons. The first-order valence-electron chi connectivity index (χ1n) is 7.45. The molecular formula is C16H20N4O3. The van der Waals surface area contributed by atoms with Crippen LogP contribution in [0.2, 0.25) is 0 Å². The highest BCUT2D eigenvalue weighted by Gasteiger charge is 2.25. The van der Waals surface area contributed by atoms with Crippen LogP contribution in [0.25, 0.3) is 0 Å². The normalized spacial score (nSPS) is 12.7. The molecule has 0 atom stereocenters. The molecule has 3 rings (SSSR count). The van der Waals surface area contributed by atoms with Gasteiger partial charge in [0.15, 0.2) is 17.3 Å². The Balaban J connectivity index is 2.02. The van der Waals surface area contributed by atoms with E-state index in [4.69, 9.17) is 15.2 Å². The highest BCUT2D eigenvalue weighted by atomic mass is 16.5. The number of aromatic nitrogens is 2. The number of ether oxygens (including phenoxy) is 2. The number of rotatable bonds is 3. The molecule has 1 aliphatic rings. The Kier molecular flexibility index (Phi) is 3.73. The van der Waals surface area contributed by atoms with E-state index in [1.54, 1.807) is 10.8 Å². The third-order valence-corrected chi connectivity index (χ3v) is 3.44. The van der Waals surface area contributed by atoms with Crippen LogP contribution in [-0.2, 0) is 5.54 Å². The highest BCUT2D eigenvalue weighted by molar-refractivity contribution is 5.77. The molecule has 0 amide bonds. The zero-order chi connectivity index (χ0) is 16.6. The van der Waals surface area contributed by atoms with Gasteiger partial charge in [0.2, 0.25) is 0 Å². The van der Waals surface area contributed by atoms with Crippen molar-refractivity contribution in [1.82, 2.24) is 9.55 Å². The maximum atomic E-state index is 12.2. The average molecular weight is 316 g/mol. The molecule has 2 heterocycles. The van der Waals surface area contributed by atoms with Crippen molar-refractivity contribution in [3.8, 4) is 17.2 Å². The number of nitrogens with two attached hydrogens (primary N) is 1. The number of fused-ring (bicyclic) bond motifs is 2. The van der Waals surface area contributed by atoms with Crippen LogP contribution in [0.5, 0.6) is 17.2 Å². The van der Waals surface area contributed by atoms with Gasteiger partial charge in [-0.15, -0.1) is 0 Å². The summed E-state index contributed by atoms with van der Waals surface area (Å²) in [4.78, 5) is 16.3. The summed E-state index contributed by atoms with van der Waals surface area (Å²) in [6, 6.07) is 5.48. The third kappa shape index (κ3) is 2.87. The van der Waals surface area contributed by atoms with Crippen molar-refractivity contribution in [2.45, 2.75) is 26.3 Å². The van der Waals surface area contributed by atoms with Gasteiger partial charge in [-0.3, -0.25) is 4.57 Å². The Hall–Kier alpha value is -2.54. The molecule has 0 aliphatic carbocycles. The first-order valence-corrected chi connectivity index (χ1v) is 7.45. The number of hydrogen-bond acceptors (Lipinski definition) is 6. The topological polar surface area (TPSA) is 91.4 Å². The highest BCUT2D eigenvalue weighted by Crippen LogP contribution is 2.45. The summed E-state index contributed by atoms with van der Waals surface area (Å²) in [5.74, 6) is 2.11. The number of para-hydroxylation sites is 1. The summed E-state index contributed by atoms with van der Waals surface area (Å²) in [5, 5.41) is 3.12. The van der Waals surface area contributed by atoms with Crippen LogP contribution in [0.4, 0.5) is 11.5 Å². The largest absolute Gasteiger partial charge is 0.490 e. The van der Waals surface area contributed by atoms with E-state index < -0.39 is 0 Å². The zero-order valence-electron chi connectivity index (χ0n) is 13.4. The molecule has 0 spiro atoms. The predicted molar refractivity (Wildman–Crippen MR) is 87.8 cm³/mol. The van der Waals surface area contributed by atoms with E-state index in [-0.39, 0.29) is 11.2 Å². The van der Waals surface area contributed by atoms with Crippen LogP contribution in [0.1, 0.15) is 20.8 Å². The van der Waals surface area contributed by atoms with Gasteiger partial charge in [-0.2, -0.15) is 4.98 Å². The minimum absolute atomic E-state index is 0.337. The fourth-order valence-electron chi connectivity index (χ4n) is 2.33. The predicted octanol–water partition coefficient (Wildman–Crippen LogP) is 2.19. The number of benzene rings is 1. The number of anilines is 2. The van der Waals surface area contributed by atoms with Crippen LogP contribution in [0.3, 0.4) is 0 Å². The fourth-order valence-corrected chi connectivity index (χ4v) is 2.33. The van der Waals surface area contributed by atoms with E-state index in [1.165, 1.54) is 0 Å². The number of nitrogens with one attached hydrogen (secondary N) is 1. The lowest BCUT2D eigenvalue weighted by Crippen LogP contribution is -2.35. The molecule has 23 heavy (non-hydrogen) atoms. The SMILES string of the molecule is CC(C)(C)n1cc2c(nc1=O)Nc1c(OCCN)cccc1O2. The van der Waals surface area contributed by atoms with E-state index in [9.17, 15) is 4.79 Å². The summed E-state index contributed by atoms with van der Waals surface area (Å²) in [7, 11) is 0. The summed E-state index contributed by atoms with van der Waals surface area (Å²) in [6.07, 6.45) is 1.67. The summed E-state index contributed by atoms with van der Waals surface area (Å²) in [5.41, 5.74) is 5.40. The first-order chi connectivity index (χ1) is 10.9. The molecule has 0 fully saturated rings. The van der Waals surface area contributed by atoms with E-state index in [2.05, 4.69) is 10.3 Å². The van der Waals surface area contributed by atoms with E-state index in [1.807, 2.05) is 39.0 Å². The maximum absolute atomic E-state index is 12.2. The molecule has 1 aliphatic heterocycles. The fraction of sp³-hybridized carbons (Fsp3) is 0.375. The van der Waals surface area contributed by atoms with Gasteiger partial charge in [0.25, 0.3) is 0 Å². The third-order valence-electron chi connectivity index (χ3n) is 3.44. The van der Waals surface area contributed by atoms with E-state index in [0.29, 0.717) is 41.9 Å². The van der Waals surface area contributed by atoms with Crippen LogP contribution < -0.4 is 26.2 Å². The summed E-state index contributed by atoms with van der Waals surface area (Å²) in [6.45, 7) is 6.61. The number of hydrogen-bond donors (Lipinski definition) is 2. The molecular weight excluding hydrogens is 296 g/mol. The van der Waals surface area contributed by atoms with Gasteiger partial charge in [0.1, 0.15) is 18.0 Å². The Morgan fingerprint density at radius 3 is 2.83 bits per heavy atom. The average Bonchev–Trinajstić information content (AvgIpc) is 2.49. The van der Waals surface area contributed by atoms with Gasteiger partial charge in [-0.1, -0.05) is 6.07 Å². The minimum atomic E-state index is -0.380. The second kappa shape index (κ2) is 5.58. The molecule has 7 heteroatoms. The molecule has 1 aromatic carbocycles. The summed E-state index contributed by atoms with van der Waals surface area (Å²) < 4.78 is 13.0. The van der Waals surface area contributed by atoms with Crippen molar-refractivity contribution >= 4 is 11.5 Å². The van der Waals surface area contributed by atoms with Gasteiger partial charge in [-0.25, -0.2) is 4.79 Å². The Morgan fingerprint density at radius 2 is 2.13 bits per heavy atom. The monoisotopic (exact) mass is 316 g/mol. The van der Waals surface area contributed by atoms with Crippen molar-refractivity contribution in [2.24, 2.45) is 5.73 Å². The second-order valence-corrected chi connectivity index (χ2v) is 6.27. The molecule has 0 radical (unpaired) electrons. The van der Waals surface area contributed by atoms with Crippen molar-refractivity contribution in [3.05, 3.63) is 34.9 Å². The first kappa shape index (κ1) is 15.4. The van der Waals surface area contributed by atoms with Gasteiger partial charge in [0.05, 0.1) is 6.20 Å².